The molecule has 1 aromatic heterocycles. The number of para-hydroxylation sites is 1. The molecule has 130 valence electrons. The predicted molar refractivity (Wildman–Crippen MR) is 97.6 cm³/mol. The van der Waals surface area contributed by atoms with Gasteiger partial charge in [0.05, 0.1) is 12.8 Å². The van der Waals surface area contributed by atoms with E-state index in [1.807, 2.05) is 6.07 Å². The maximum Gasteiger partial charge on any atom is 0.348 e. The van der Waals surface area contributed by atoms with Crippen LogP contribution in [0.3, 0.4) is 0 Å². The zero-order valence-electron chi connectivity index (χ0n) is 13.8. The third-order valence-electron chi connectivity index (χ3n) is 3.49. The van der Waals surface area contributed by atoms with E-state index in [0.29, 0.717) is 11.3 Å². The number of carbonyl (C=O) groups is 2. The summed E-state index contributed by atoms with van der Waals surface area (Å²) in [5, 5.41) is 0. The van der Waals surface area contributed by atoms with Crippen LogP contribution in [0.25, 0.3) is 5.69 Å². The first-order chi connectivity index (χ1) is 12.6. The van der Waals surface area contributed by atoms with Gasteiger partial charge in [0.25, 0.3) is 11.5 Å². The van der Waals surface area contributed by atoms with Crippen molar-refractivity contribution >= 4 is 23.2 Å². The second-order valence-electron chi connectivity index (χ2n) is 5.18. The number of aromatic nitrogens is 1. The van der Waals surface area contributed by atoms with Crippen molar-refractivity contribution in [1.29, 1.82) is 0 Å². The van der Waals surface area contributed by atoms with E-state index in [0.717, 1.165) is 11.3 Å². The van der Waals surface area contributed by atoms with E-state index >= 15 is 0 Å². The summed E-state index contributed by atoms with van der Waals surface area (Å²) in [6.45, 7) is 0. The number of methoxy groups -OCH3 is 1. The lowest BCUT2D eigenvalue weighted by Gasteiger charge is -2.07. The minimum Gasteiger partial charge on any atom is -0.465 e. The number of nitrogens with zero attached hydrogens (tertiary/aromatic N) is 2. The van der Waals surface area contributed by atoms with Crippen molar-refractivity contribution in [2.45, 2.75) is 0 Å². The molecule has 0 aliphatic heterocycles. The Hall–Kier alpha value is -3.32. The molecule has 0 saturated heterocycles. The Morgan fingerprint density at radius 2 is 1.62 bits per heavy atom. The molecule has 0 aliphatic rings. The molecule has 0 N–H and O–H groups in total. The van der Waals surface area contributed by atoms with Crippen LogP contribution in [-0.4, -0.2) is 23.6 Å². The molecule has 0 radical (unpaired) electrons. The molecular formula is C19H14N2O4S. The smallest absolute Gasteiger partial charge is 0.348 e. The van der Waals surface area contributed by atoms with Crippen molar-refractivity contribution in [2.24, 2.45) is 4.99 Å². The fourth-order valence-corrected chi connectivity index (χ4v) is 3.20. The predicted octanol–water partition coefficient (Wildman–Crippen LogP) is 2.43. The van der Waals surface area contributed by atoms with E-state index in [4.69, 9.17) is 0 Å². The van der Waals surface area contributed by atoms with E-state index in [1.165, 1.54) is 17.7 Å². The fraction of sp³-hybridized carbons (Fsp3) is 0.0526. The number of carbonyl (C=O) groups excluding carboxylic acids is 2. The van der Waals surface area contributed by atoms with Gasteiger partial charge in [0.2, 0.25) is 4.80 Å². The maximum absolute atomic E-state index is 12.6. The van der Waals surface area contributed by atoms with Gasteiger partial charge < -0.3 is 4.74 Å². The molecule has 26 heavy (non-hydrogen) atoms. The van der Waals surface area contributed by atoms with Crippen LogP contribution in [-0.2, 0) is 4.74 Å². The van der Waals surface area contributed by atoms with Gasteiger partial charge in [-0.05, 0) is 24.3 Å². The minimum atomic E-state index is -0.657. The Balaban J connectivity index is 2.25. The van der Waals surface area contributed by atoms with Crippen LogP contribution >= 0.6 is 11.3 Å². The van der Waals surface area contributed by atoms with Gasteiger partial charge in [0, 0.05) is 11.6 Å². The van der Waals surface area contributed by atoms with Crippen molar-refractivity contribution in [1.82, 2.24) is 4.57 Å². The summed E-state index contributed by atoms with van der Waals surface area (Å²) < 4.78 is 5.97. The summed E-state index contributed by atoms with van der Waals surface area (Å²) >= 11 is 0.915. The van der Waals surface area contributed by atoms with Gasteiger partial charge in [-0.2, -0.15) is 4.99 Å². The van der Waals surface area contributed by atoms with Gasteiger partial charge in [-0.1, -0.05) is 47.7 Å². The SMILES string of the molecule is COC(=O)c1cc(=O)n(-c2ccccc2)c(=NC(=O)c2ccccc2)s1. The number of hydrogen-bond acceptors (Lipinski definition) is 5. The van der Waals surface area contributed by atoms with E-state index in [1.54, 1.807) is 54.6 Å². The first-order valence-electron chi connectivity index (χ1n) is 7.65. The molecule has 0 spiro atoms. The number of benzene rings is 2. The van der Waals surface area contributed by atoms with E-state index in [2.05, 4.69) is 9.73 Å². The molecule has 0 bridgehead atoms. The largest absolute Gasteiger partial charge is 0.465 e. The zero-order valence-corrected chi connectivity index (χ0v) is 14.6. The highest BCUT2D eigenvalue weighted by Gasteiger charge is 2.13. The van der Waals surface area contributed by atoms with Crippen molar-refractivity contribution in [3.05, 3.63) is 92.3 Å². The molecule has 2 aromatic carbocycles. The number of rotatable bonds is 3. The Labute approximate surface area is 152 Å². The molecule has 6 nitrogen and oxygen atoms in total. The van der Waals surface area contributed by atoms with Crippen LogP contribution in [0.5, 0.6) is 0 Å². The van der Waals surface area contributed by atoms with Crippen LogP contribution in [0.2, 0.25) is 0 Å². The highest BCUT2D eigenvalue weighted by atomic mass is 32.1. The highest BCUT2D eigenvalue weighted by Crippen LogP contribution is 2.07. The Morgan fingerprint density at radius 1 is 1.00 bits per heavy atom. The summed E-state index contributed by atoms with van der Waals surface area (Å²) in [4.78, 5) is 41.1. The monoisotopic (exact) mass is 366 g/mol. The third kappa shape index (κ3) is 3.68. The number of hydrogen-bond donors (Lipinski definition) is 0. The summed E-state index contributed by atoms with van der Waals surface area (Å²) in [7, 11) is 1.23. The average molecular weight is 366 g/mol. The standard InChI is InChI=1S/C19H14N2O4S/c1-25-18(24)15-12-16(22)21(14-10-6-3-7-11-14)19(26-15)20-17(23)13-8-4-2-5-9-13/h2-12H,1H3. The van der Waals surface area contributed by atoms with Crippen molar-refractivity contribution < 1.29 is 14.3 Å². The van der Waals surface area contributed by atoms with E-state index in [-0.39, 0.29) is 9.68 Å². The average Bonchev–Trinajstić information content (AvgIpc) is 2.68. The van der Waals surface area contributed by atoms with Gasteiger partial charge in [0.1, 0.15) is 4.88 Å². The Morgan fingerprint density at radius 3 is 2.23 bits per heavy atom. The van der Waals surface area contributed by atoms with E-state index < -0.39 is 17.4 Å². The van der Waals surface area contributed by atoms with Gasteiger partial charge in [0.15, 0.2) is 0 Å². The van der Waals surface area contributed by atoms with Crippen LogP contribution in [0.15, 0.2) is 76.5 Å². The fourth-order valence-electron chi connectivity index (χ4n) is 2.27. The zero-order chi connectivity index (χ0) is 18.5. The third-order valence-corrected chi connectivity index (χ3v) is 4.45. The van der Waals surface area contributed by atoms with Gasteiger partial charge in [-0.25, -0.2) is 4.79 Å². The summed E-state index contributed by atoms with van der Waals surface area (Å²) in [5.74, 6) is -1.16. The molecule has 1 amide bonds. The molecular weight excluding hydrogens is 352 g/mol. The molecule has 0 fully saturated rings. The maximum atomic E-state index is 12.6. The molecule has 7 heteroatoms. The van der Waals surface area contributed by atoms with Crippen molar-refractivity contribution in [3.63, 3.8) is 0 Å². The molecule has 3 rings (SSSR count). The van der Waals surface area contributed by atoms with Crippen LogP contribution in [0, 0.1) is 0 Å². The van der Waals surface area contributed by atoms with Crippen molar-refractivity contribution in [2.75, 3.05) is 7.11 Å². The molecule has 1 heterocycles. The van der Waals surface area contributed by atoms with Crippen LogP contribution in [0.1, 0.15) is 20.0 Å². The lowest BCUT2D eigenvalue weighted by Crippen LogP contribution is -2.32. The van der Waals surface area contributed by atoms with Gasteiger partial charge >= 0.3 is 5.97 Å². The van der Waals surface area contributed by atoms with Crippen molar-refractivity contribution in [3.8, 4) is 5.69 Å². The van der Waals surface area contributed by atoms with Gasteiger partial charge in [-0.3, -0.25) is 14.2 Å². The first-order valence-corrected chi connectivity index (χ1v) is 8.47. The lowest BCUT2D eigenvalue weighted by atomic mass is 10.2. The molecule has 3 aromatic rings. The summed E-state index contributed by atoms with van der Waals surface area (Å²) in [5.41, 5.74) is 0.454. The molecule has 0 unspecified atom stereocenters. The minimum absolute atomic E-state index is 0.0734. The number of esters is 1. The summed E-state index contributed by atoms with van der Waals surface area (Å²) in [6, 6.07) is 18.5. The quantitative estimate of drug-likeness (QED) is 0.667. The first kappa shape index (κ1) is 17.5. The summed E-state index contributed by atoms with van der Waals surface area (Å²) in [6.07, 6.45) is 0. The van der Waals surface area contributed by atoms with Crippen LogP contribution in [0.4, 0.5) is 0 Å². The van der Waals surface area contributed by atoms with Gasteiger partial charge in [-0.15, -0.1) is 0 Å². The Kier molecular flexibility index (Phi) is 5.19. The van der Waals surface area contributed by atoms with Crippen LogP contribution < -0.4 is 10.4 Å². The highest BCUT2D eigenvalue weighted by molar-refractivity contribution is 7.11. The topological polar surface area (TPSA) is 77.7 Å². The number of amides is 1. The molecule has 0 atom stereocenters. The van der Waals surface area contributed by atoms with E-state index in [9.17, 15) is 14.4 Å². The second kappa shape index (κ2) is 7.71. The Bertz CT molecular complexity index is 1070. The molecule has 0 saturated carbocycles. The second-order valence-corrected chi connectivity index (χ2v) is 6.19. The number of ether oxygens (including phenoxy) is 1. The molecule has 0 aliphatic carbocycles. The normalized spacial score (nSPS) is 11.2. The lowest BCUT2D eigenvalue weighted by molar-refractivity contribution is 0.0605.